The van der Waals surface area contributed by atoms with Gasteiger partial charge in [-0.2, -0.15) is 13.2 Å². The van der Waals surface area contributed by atoms with E-state index in [1.165, 1.54) is 41.8 Å². The highest BCUT2D eigenvalue weighted by molar-refractivity contribution is 7.71. The Balaban J connectivity index is 1.90. The van der Waals surface area contributed by atoms with Crippen LogP contribution in [0.4, 0.5) is 18.9 Å². The number of fused-ring (bicyclic) bond motifs is 1. The number of alkyl halides is 3. The molecule has 0 aliphatic heterocycles. The van der Waals surface area contributed by atoms with Crippen molar-refractivity contribution in [2.24, 2.45) is 0 Å². The molecule has 3 aromatic rings. The molecule has 0 spiro atoms. The summed E-state index contributed by atoms with van der Waals surface area (Å²) in [6, 6.07) is 7.95. The van der Waals surface area contributed by atoms with Crippen LogP contribution in [-0.2, 0) is 17.5 Å². The molecule has 2 N–H and O–H groups in total. The van der Waals surface area contributed by atoms with E-state index in [4.69, 9.17) is 17.0 Å². The largest absolute Gasteiger partial charge is 0.416 e. The maximum atomic E-state index is 13.1. The minimum Gasteiger partial charge on any atom is -0.385 e. The predicted octanol–water partition coefficient (Wildman–Crippen LogP) is 4.68. The zero-order valence-corrected chi connectivity index (χ0v) is 17.6. The quantitative estimate of drug-likeness (QED) is 0.422. The zero-order chi connectivity index (χ0) is 22.8. The summed E-state index contributed by atoms with van der Waals surface area (Å²) in [5, 5.41) is 2.81. The van der Waals surface area contributed by atoms with E-state index in [0.29, 0.717) is 30.5 Å². The number of rotatable bonds is 6. The van der Waals surface area contributed by atoms with Crippen molar-refractivity contribution in [1.82, 2.24) is 9.55 Å². The van der Waals surface area contributed by atoms with Crippen molar-refractivity contribution in [3.63, 3.8) is 0 Å². The number of methoxy groups -OCH3 is 1. The van der Waals surface area contributed by atoms with Gasteiger partial charge in [0.2, 0.25) is 0 Å². The smallest absolute Gasteiger partial charge is 0.385 e. The summed E-state index contributed by atoms with van der Waals surface area (Å²) in [6.45, 7) is 2.21. The first-order valence-corrected chi connectivity index (χ1v) is 9.77. The fourth-order valence-electron chi connectivity index (χ4n) is 3.17. The van der Waals surface area contributed by atoms with Crippen LogP contribution in [0.1, 0.15) is 27.9 Å². The molecule has 0 atom stereocenters. The van der Waals surface area contributed by atoms with Crippen LogP contribution in [0.25, 0.3) is 10.9 Å². The van der Waals surface area contributed by atoms with Crippen LogP contribution in [-0.4, -0.2) is 29.2 Å². The van der Waals surface area contributed by atoms with Crippen molar-refractivity contribution >= 4 is 34.7 Å². The average Bonchev–Trinajstić information content (AvgIpc) is 2.70. The van der Waals surface area contributed by atoms with Crippen LogP contribution in [0.15, 0.2) is 41.2 Å². The average molecular weight is 451 g/mol. The van der Waals surface area contributed by atoms with Crippen molar-refractivity contribution in [2.45, 2.75) is 26.1 Å². The third kappa shape index (κ3) is 5.02. The summed E-state index contributed by atoms with van der Waals surface area (Å²) in [7, 11) is 1.57. The number of H-pyrrole nitrogens is 1. The summed E-state index contributed by atoms with van der Waals surface area (Å²) >= 11 is 5.25. The van der Waals surface area contributed by atoms with Crippen molar-refractivity contribution < 1.29 is 22.7 Å². The first-order chi connectivity index (χ1) is 14.6. The predicted molar refractivity (Wildman–Crippen MR) is 114 cm³/mol. The van der Waals surface area contributed by atoms with E-state index in [2.05, 4.69) is 10.3 Å². The molecule has 1 amide bonds. The Labute approximate surface area is 180 Å². The van der Waals surface area contributed by atoms with Gasteiger partial charge in [0.05, 0.1) is 16.5 Å². The maximum Gasteiger partial charge on any atom is 0.416 e. The molecule has 3 rings (SSSR count). The normalized spacial score (nSPS) is 11.6. The van der Waals surface area contributed by atoms with E-state index in [9.17, 15) is 22.8 Å². The second-order valence-corrected chi connectivity index (χ2v) is 7.36. The second kappa shape index (κ2) is 9.03. The molecule has 0 saturated carbocycles. The standard InChI is InChI=1S/C21H20F3N3O3S/c1-12-4-6-14(11-16(12)21(22,23)24)25-18(28)13-5-7-15-17(10-13)26-20(31)27(19(15)29)8-3-9-30-2/h4-7,10-11H,3,8-9H2,1-2H3,(H,25,28)(H,26,31). The Hall–Kier alpha value is -2.98. The van der Waals surface area contributed by atoms with Crippen molar-refractivity contribution in [1.29, 1.82) is 0 Å². The number of nitrogens with one attached hydrogen (secondary N) is 2. The van der Waals surface area contributed by atoms with E-state index >= 15 is 0 Å². The summed E-state index contributed by atoms with van der Waals surface area (Å²) in [6.07, 6.45) is -3.91. The van der Waals surface area contributed by atoms with Crippen LogP contribution in [0.5, 0.6) is 0 Å². The van der Waals surface area contributed by atoms with E-state index in [0.717, 1.165) is 6.07 Å². The van der Waals surface area contributed by atoms with Gasteiger partial charge >= 0.3 is 6.18 Å². The lowest BCUT2D eigenvalue weighted by molar-refractivity contribution is -0.138. The molecule has 1 aromatic heterocycles. The highest BCUT2D eigenvalue weighted by Gasteiger charge is 2.32. The van der Waals surface area contributed by atoms with Gasteiger partial charge in [0, 0.05) is 31.5 Å². The third-order valence-corrected chi connectivity index (χ3v) is 5.10. The van der Waals surface area contributed by atoms with Gasteiger partial charge in [-0.3, -0.25) is 14.2 Å². The first kappa shape index (κ1) is 22.7. The van der Waals surface area contributed by atoms with Gasteiger partial charge in [0.15, 0.2) is 4.77 Å². The number of hydrogen-bond acceptors (Lipinski definition) is 4. The first-order valence-electron chi connectivity index (χ1n) is 9.37. The molecule has 0 fully saturated rings. The van der Waals surface area contributed by atoms with Gasteiger partial charge < -0.3 is 15.0 Å². The van der Waals surface area contributed by atoms with Crippen molar-refractivity contribution in [3.05, 3.63) is 68.2 Å². The fraction of sp³-hybridized carbons (Fsp3) is 0.286. The number of nitrogens with zero attached hydrogens (tertiary/aromatic N) is 1. The molecular weight excluding hydrogens is 431 g/mol. The number of hydrogen-bond donors (Lipinski definition) is 2. The number of ether oxygens (including phenoxy) is 1. The molecule has 0 aliphatic rings. The van der Waals surface area contributed by atoms with Gasteiger partial charge in [0.25, 0.3) is 11.5 Å². The number of carbonyl (C=O) groups is 1. The SMILES string of the molecule is COCCCn1c(=S)[nH]c2cc(C(=O)Nc3ccc(C)c(C(F)(F)F)c3)ccc2c1=O. The lowest BCUT2D eigenvalue weighted by Crippen LogP contribution is -2.23. The zero-order valence-electron chi connectivity index (χ0n) is 16.8. The highest BCUT2D eigenvalue weighted by atomic mass is 32.1. The molecule has 2 aromatic carbocycles. The second-order valence-electron chi connectivity index (χ2n) is 6.98. The summed E-state index contributed by atoms with van der Waals surface area (Å²) < 4.78 is 45.9. The van der Waals surface area contributed by atoms with Gasteiger partial charge in [-0.05, 0) is 61.5 Å². The topological polar surface area (TPSA) is 76.1 Å². The summed E-state index contributed by atoms with van der Waals surface area (Å²) in [5.41, 5.74) is -0.499. The Morgan fingerprint density at radius 1 is 1.23 bits per heavy atom. The van der Waals surface area contributed by atoms with Crippen LogP contribution in [0.2, 0.25) is 0 Å². The van der Waals surface area contributed by atoms with Gasteiger partial charge in [0.1, 0.15) is 0 Å². The third-order valence-electron chi connectivity index (χ3n) is 4.78. The Morgan fingerprint density at radius 2 is 1.97 bits per heavy atom. The van der Waals surface area contributed by atoms with Crippen LogP contribution in [0.3, 0.4) is 0 Å². The number of halogens is 3. The number of aromatic amines is 1. The van der Waals surface area contributed by atoms with E-state index in [1.807, 2.05) is 0 Å². The molecule has 0 bridgehead atoms. The van der Waals surface area contributed by atoms with Gasteiger partial charge in [-0.15, -0.1) is 0 Å². The minimum atomic E-state index is -4.52. The van der Waals surface area contributed by atoms with Gasteiger partial charge in [-0.1, -0.05) is 6.07 Å². The molecule has 1 heterocycles. The highest BCUT2D eigenvalue weighted by Crippen LogP contribution is 2.33. The number of benzene rings is 2. The maximum absolute atomic E-state index is 13.1. The lowest BCUT2D eigenvalue weighted by atomic mass is 10.1. The molecule has 164 valence electrons. The Bertz CT molecular complexity index is 1250. The number of aromatic nitrogens is 2. The van der Waals surface area contributed by atoms with Crippen molar-refractivity contribution in [3.8, 4) is 0 Å². The number of amides is 1. The molecule has 6 nitrogen and oxygen atoms in total. The monoisotopic (exact) mass is 451 g/mol. The Kier molecular flexibility index (Phi) is 6.61. The molecular formula is C21H20F3N3O3S. The van der Waals surface area contributed by atoms with Crippen LogP contribution < -0.4 is 10.9 Å². The molecule has 31 heavy (non-hydrogen) atoms. The number of aryl methyl sites for hydroxylation is 1. The fourth-order valence-corrected chi connectivity index (χ4v) is 3.46. The number of anilines is 1. The van der Waals surface area contributed by atoms with Crippen LogP contribution in [0, 0.1) is 11.7 Å². The van der Waals surface area contributed by atoms with Crippen LogP contribution >= 0.6 is 12.2 Å². The van der Waals surface area contributed by atoms with E-state index < -0.39 is 17.6 Å². The molecule has 0 aliphatic carbocycles. The van der Waals surface area contributed by atoms with E-state index in [-0.39, 0.29) is 27.1 Å². The molecule has 0 saturated heterocycles. The lowest BCUT2D eigenvalue weighted by Gasteiger charge is -2.13. The van der Waals surface area contributed by atoms with Gasteiger partial charge in [-0.25, -0.2) is 0 Å². The number of carbonyl (C=O) groups excluding carboxylic acids is 1. The van der Waals surface area contributed by atoms with Crippen molar-refractivity contribution in [2.75, 3.05) is 19.0 Å². The Morgan fingerprint density at radius 3 is 2.65 bits per heavy atom. The minimum absolute atomic E-state index is 0.0181. The summed E-state index contributed by atoms with van der Waals surface area (Å²) in [5.74, 6) is -0.609. The molecule has 0 radical (unpaired) electrons. The van der Waals surface area contributed by atoms with E-state index in [1.54, 1.807) is 7.11 Å². The molecule has 10 heteroatoms. The summed E-state index contributed by atoms with van der Waals surface area (Å²) in [4.78, 5) is 28.2. The molecule has 0 unspecified atom stereocenters.